The molecule has 0 saturated heterocycles. The Kier molecular flexibility index (Phi) is 9.19. The maximum Gasteiger partial charge on any atom is 0.253 e. The van der Waals surface area contributed by atoms with Crippen LogP contribution in [0.3, 0.4) is 0 Å². The smallest absolute Gasteiger partial charge is 0.253 e. The van der Waals surface area contributed by atoms with Crippen LogP contribution in [0.4, 0.5) is 0 Å². The molecular formula is C24H32N2O4. The second-order valence-electron chi connectivity index (χ2n) is 7.32. The third kappa shape index (κ3) is 7.10. The fraction of sp³-hybridized carbons (Fsp3) is 0.417. The molecule has 30 heavy (non-hydrogen) atoms. The van der Waals surface area contributed by atoms with Crippen LogP contribution in [0.25, 0.3) is 0 Å². The van der Waals surface area contributed by atoms with Crippen molar-refractivity contribution in [3.63, 3.8) is 0 Å². The molecule has 0 fully saturated rings. The largest absolute Gasteiger partial charge is 0.490 e. The molecule has 0 aliphatic carbocycles. The van der Waals surface area contributed by atoms with Crippen LogP contribution in [0, 0.1) is 0 Å². The van der Waals surface area contributed by atoms with Gasteiger partial charge in [-0.3, -0.25) is 9.59 Å². The minimum atomic E-state index is -0.0311. The molecular weight excluding hydrogens is 380 g/mol. The van der Waals surface area contributed by atoms with E-state index >= 15 is 0 Å². The van der Waals surface area contributed by atoms with Gasteiger partial charge in [-0.1, -0.05) is 24.3 Å². The summed E-state index contributed by atoms with van der Waals surface area (Å²) in [5.41, 5.74) is 1.60. The lowest BCUT2D eigenvalue weighted by Gasteiger charge is -2.21. The minimum Gasteiger partial charge on any atom is -0.490 e. The molecule has 0 heterocycles. The molecule has 6 heteroatoms. The summed E-state index contributed by atoms with van der Waals surface area (Å²) in [6, 6.07) is 15.0. The predicted octanol–water partition coefficient (Wildman–Crippen LogP) is 4.04. The molecule has 0 aliphatic heterocycles. The fourth-order valence-corrected chi connectivity index (χ4v) is 2.75. The van der Waals surface area contributed by atoms with Crippen molar-refractivity contribution in [1.29, 1.82) is 0 Å². The van der Waals surface area contributed by atoms with Crippen molar-refractivity contribution in [3.8, 4) is 11.5 Å². The molecule has 2 aromatic carbocycles. The van der Waals surface area contributed by atoms with E-state index in [0.29, 0.717) is 49.7 Å². The lowest BCUT2D eigenvalue weighted by atomic mass is 10.1. The van der Waals surface area contributed by atoms with Gasteiger partial charge in [0.15, 0.2) is 11.5 Å². The number of ether oxygens (including phenoxy) is 2. The summed E-state index contributed by atoms with van der Waals surface area (Å²) in [6.45, 7) is 7.33. The van der Waals surface area contributed by atoms with Gasteiger partial charge < -0.3 is 19.7 Å². The zero-order chi connectivity index (χ0) is 21.9. The first-order chi connectivity index (χ1) is 14.4. The summed E-state index contributed by atoms with van der Waals surface area (Å²) in [7, 11) is 1.79. The van der Waals surface area contributed by atoms with Crippen molar-refractivity contribution in [2.75, 3.05) is 20.3 Å². The molecule has 2 rings (SSSR count). The van der Waals surface area contributed by atoms with Crippen LogP contribution in [0.15, 0.2) is 48.5 Å². The first-order valence-corrected chi connectivity index (χ1v) is 10.4. The van der Waals surface area contributed by atoms with Crippen LogP contribution in [0.2, 0.25) is 0 Å². The number of hydrogen-bond acceptors (Lipinski definition) is 4. The Hall–Kier alpha value is -3.02. The Morgan fingerprint density at radius 3 is 2.23 bits per heavy atom. The average Bonchev–Trinajstić information content (AvgIpc) is 2.75. The van der Waals surface area contributed by atoms with Crippen LogP contribution in [-0.2, 0) is 11.3 Å². The van der Waals surface area contributed by atoms with E-state index < -0.39 is 0 Å². The fourth-order valence-electron chi connectivity index (χ4n) is 2.75. The maximum absolute atomic E-state index is 12.3. The Balaban J connectivity index is 1.72. The Bertz CT molecular complexity index is 818. The number of carbonyl (C=O) groups is 2. The van der Waals surface area contributed by atoms with E-state index in [1.54, 1.807) is 24.1 Å². The van der Waals surface area contributed by atoms with E-state index in [9.17, 15) is 9.59 Å². The first-order valence-electron chi connectivity index (χ1n) is 10.4. The SMILES string of the molecule is CCOc1ccccc1OCCCC(=O)NCc1ccc(C(=O)N(C)C(C)C)cc1. The van der Waals surface area contributed by atoms with Crippen molar-refractivity contribution >= 4 is 11.8 Å². The number of rotatable bonds is 11. The van der Waals surface area contributed by atoms with Crippen LogP contribution in [0.5, 0.6) is 11.5 Å². The Labute approximate surface area is 179 Å². The summed E-state index contributed by atoms with van der Waals surface area (Å²) in [5, 5.41) is 2.90. The summed E-state index contributed by atoms with van der Waals surface area (Å²) in [4.78, 5) is 26.1. The van der Waals surface area contributed by atoms with Gasteiger partial charge in [0.1, 0.15) is 0 Å². The molecule has 1 N–H and O–H groups in total. The number of benzene rings is 2. The van der Waals surface area contributed by atoms with E-state index in [4.69, 9.17) is 9.47 Å². The Morgan fingerprint density at radius 2 is 1.63 bits per heavy atom. The normalized spacial score (nSPS) is 10.6. The third-order valence-corrected chi connectivity index (χ3v) is 4.74. The molecule has 0 aliphatic rings. The summed E-state index contributed by atoms with van der Waals surface area (Å²) < 4.78 is 11.3. The molecule has 162 valence electrons. The molecule has 0 spiro atoms. The van der Waals surface area contributed by atoms with Gasteiger partial charge in [0.25, 0.3) is 5.91 Å². The van der Waals surface area contributed by atoms with Crippen LogP contribution < -0.4 is 14.8 Å². The van der Waals surface area contributed by atoms with E-state index in [-0.39, 0.29) is 17.9 Å². The highest BCUT2D eigenvalue weighted by Crippen LogP contribution is 2.26. The van der Waals surface area contributed by atoms with E-state index in [1.807, 2.05) is 57.2 Å². The molecule has 0 saturated carbocycles. The zero-order valence-corrected chi connectivity index (χ0v) is 18.3. The lowest BCUT2D eigenvalue weighted by molar-refractivity contribution is -0.121. The zero-order valence-electron chi connectivity index (χ0n) is 18.3. The van der Waals surface area contributed by atoms with Crippen molar-refractivity contribution in [2.45, 2.75) is 46.2 Å². The highest BCUT2D eigenvalue weighted by atomic mass is 16.5. The van der Waals surface area contributed by atoms with Gasteiger partial charge in [-0.25, -0.2) is 0 Å². The second-order valence-corrected chi connectivity index (χ2v) is 7.32. The number of hydrogen-bond donors (Lipinski definition) is 1. The molecule has 0 atom stereocenters. The molecule has 2 amide bonds. The first kappa shape index (κ1) is 23.3. The number of para-hydroxylation sites is 2. The summed E-state index contributed by atoms with van der Waals surface area (Å²) in [5.74, 6) is 1.37. The standard InChI is InChI=1S/C24H32N2O4/c1-5-29-21-9-6-7-10-22(21)30-16-8-11-23(27)25-17-19-12-14-20(15-13-19)24(28)26(4)18(2)3/h6-7,9-10,12-15,18H,5,8,11,16-17H2,1-4H3,(H,25,27). The lowest BCUT2D eigenvalue weighted by Crippen LogP contribution is -2.32. The minimum absolute atomic E-state index is 0.00787. The van der Waals surface area contributed by atoms with Crippen LogP contribution >= 0.6 is 0 Å². The van der Waals surface area contributed by atoms with Gasteiger partial charge in [0.05, 0.1) is 13.2 Å². The molecule has 2 aromatic rings. The van der Waals surface area contributed by atoms with Gasteiger partial charge in [-0.2, -0.15) is 0 Å². The van der Waals surface area contributed by atoms with Crippen molar-refractivity contribution < 1.29 is 19.1 Å². The number of nitrogens with zero attached hydrogens (tertiary/aromatic N) is 1. The molecule has 6 nitrogen and oxygen atoms in total. The van der Waals surface area contributed by atoms with Crippen LogP contribution in [-0.4, -0.2) is 43.0 Å². The Morgan fingerprint density at radius 1 is 1.00 bits per heavy atom. The third-order valence-electron chi connectivity index (χ3n) is 4.74. The molecule has 0 aromatic heterocycles. The number of nitrogens with one attached hydrogen (secondary N) is 1. The van der Waals surface area contributed by atoms with Crippen molar-refractivity contribution in [2.24, 2.45) is 0 Å². The summed E-state index contributed by atoms with van der Waals surface area (Å²) in [6.07, 6.45) is 0.994. The molecule has 0 radical (unpaired) electrons. The molecule has 0 bridgehead atoms. The maximum atomic E-state index is 12.3. The molecule has 0 unspecified atom stereocenters. The number of amides is 2. The van der Waals surface area contributed by atoms with E-state index in [1.165, 1.54) is 0 Å². The quantitative estimate of drug-likeness (QED) is 0.566. The summed E-state index contributed by atoms with van der Waals surface area (Å²) >= 11 is 0. The van der Waals surface area contributed by atoms with Crippen LogP contribution in [0.1, 0.15) is 49.5 Å². The van der Waals surface area contributed by atoms with Gasteiger partial charge in [0.2, 0.25) is 5.91 Å². The van der Waals surface area contributed by atoms with Crippen molar-refractivity contribution in [3.05, 3.63) is 59.7 Å². The highest BCUT2D eigenvalue weighted by molar-refractivity contribution is 5.94. The van der Waals surface area contributed by atoms with E-state index in [2.05, 4.69) is 5.32 Å². The number of carbonyl (C=O) groups excluding carboxylic acids is 2. The average molecular weight is 413 g/mol. The van der Waals surface area contributed by atoms with Gasteiger partial charge >= 0.3 is 0 Å². The topological polar surface area (TPSA) is 67.9 Å². The van der Waals surface area contributed by atoms with E-state index in [0.717, 1.165) is 5.56 Å². The monoisotopic (exact) mass is 412 g/mol. The van der Waals surface area contributed by atoms with Crippen molar-refractivity contribution in [1.82, 2.24) is 10.2 Å². The van der Waals surface area contributed by atoms with Gasteiger partial charge in [-0.15, -0.1) is 0 Å². The second kappa shape index (κ2) is 11.9. The highest BCUT2D eigenvalue weighted by Gasteiger charge is 2.14. The van der Waals surface area contributed by atoms with Gasteiger partial charge in [-0.05, 0) is 57.0 Å². The predicted molar refractivity (Wildman–Crippen MR) is 118 cm³/mol. The van der Waals surface area contributed by atoms with Gasteiger partial charge in [0, 0.05) is 31.6 Å².